The van der Waals surface area contributed by atoms with Gasteiger partial charge in [-0.15, -0.1) is 0 Å². The van der Waals surface area contributed by atoms with E-state index in [0.717, 1.165) is 22.1 Å². The molecule has 0 aliphatic carbocycles. The summed E-state index contributed by atoms with van der Waals surface area (Å²) in [6.45, 7) is 3.74. The van der Waals surface area contributed by atoms with Gasteiger partial charge in [-0.2, -0.15) is 0 Å². The minimum absolute atomic E-state index is 0.127. The Morgan fingerprint density at radius 1 is 1.05 bits per heavy atom. The molecule has 0 fully saturated rings. The van der Waals surface area contributed by atoms with Crippen molar-refractivity contribution in [3.8, 4) is 16.9 Å². The Balaban J connectivity index is 2.42. The van der Waals surface area contributed by atoms with Gasteiger partial charge in [-0.3, -0.25) is 0 Å². The average Bonchev–Trinajstić information content (AvgIpc) is 2.43. The molecule has 1 aromatic heterocycles. The first-order valence-electron chi connectivity index (χ1n) is 6.40. The van der Waals surface area contributed by atoms with Crippen molar-refractivity contribution in [3.05, 3.63) is 64.0 Å². The molecular weight excluding hydrogens is 252 g/mol. The lowest BCUT2D eigenvalue weighted by Crippen LogP contribution is -1.99. The zero-order valence-corrected chi connectivity index (χ0v) is 11.3. The van der Waals surface area contributed by atoms with Crippen LogP contribution in [0.5, 0.6) is 5.75 Å². The summed E-state index contributed by atoms with van der Waals surface area (Å²) in [5.41, 5.74) is 3.52. The summed E-state index contributed by atoms with van der Waals surface area (Å²) < 4.78 is 5.25. The van der Waals surface area contributed by atoms with Gasteiger partial charge >= 0.3 is 5.63 Å². The number of rotatable bonds is 1. The van der Waals surface area contributed by atoms with E-state index in [4.69, 9.17) is 4.42 Å². The molecule has 3 rings (SSSR count). The van der Waals surface area contributed by atoms with Gasteiger partial charge in [-0.05, 0) is 37.1 Å². The lowest BCUT2D eigenvalue weighted by molar-refractivity contribution is 0.468. The number of hydrogen-bond acceptors (Lipinski definition) is 3. The van der Waals surface area contributed by atoms with Crippen LogP contribution in [-0.2, 0) is 0 Å². The van der Waals surface area contributed by atoms with Gasteiger partial charge < -0.3 is 9.52 Å². The molecule has 0 bridgehead atoms. The van der Waals surface area contributed by atoms with Gasteiger partial charge in [-0.1, -0.05) is 29.8 Å². The van der Waals surface area contributed by atoms with Crippen molar-refractivity contribution in [2.75, 3.05) is 0 Å². The van der Waals surface area contributed by atoms with Crippen LogP contribution in [0.1, 0.15) is 11.1 Å². The van der Waals surface area contributed by atoms with Crippen molar-refractivity contribution in [1.29, 1.82) is 0 Å². The highest BCUT2D eigenvalue weighted by atomic mass is 16.4. The highest BCUT2D eigenvalue weighted by Gasteiger charge is 2.11. The van der Waals surface area contributed by atoms with Crippen LogP contribution in [-0.4, -0.2) is 5.11 Å². The van der Waals surface area contributed by atoms with Crippen LogP contribution < -0.4 is 5.63 Å². The molecule has 0 unspecified atom stereocenters. The minimum atomic E-state index is -0.414. The summed E-state index contributed by atoms with van der Waals surface area (Å²) in [5.74, 6) is 0.127. The van der Waals surface area contributed by atoms with Gasteiger partial charge in [0.2, 0.25) is 0 Å². The summed E-state index contributed by atoms with van der Waals surface area (Å²) in [6, 6.07) is 12.8. The molecule has 2 aromatic carbocycles. The summed E-state index contributed by atoms with van der Waals surface area (Å²) in [7, 11) is 0. The van der Waals surface area contributed by atoms with E-state index >= 15 is 0 Å². The average molecular weight is 266 g/mol. The van der Waals surface area contributed by atoms with E-state index in [1.165, 1.54) is 6.07 Å². The van der Waals surface area contributed by atoms with Crippen molar-refractivity contribution in [3.63, 3.8) is 0 Å². The lowest BCUT2D eigenvalue weighted by Gasteiger charge is -2.09. The maximum atomic E-state index is 11.8. The number of hydrogen-bond donors (Lipinski definition) is 1. The van der Waals surface area contributed by atoms with Crippen LogP contribution in [0.25, 0.3) is 22.1 Å². The molecule has 1 heterocycles. The zero-order valence-electron chi connectivity index (χ0n) is 11.3. The monoisotopic (exact) mass is 266 g/mol. The van der Waals surface area contributed by atoms with Crippen LogP contribution >= 0.6 is 0 Å². The van der Waals surface area contributed by atoms with Gasteiger partial charge in [0.15, 0.2) is 0 Å². The Morgan fingerprint density at radius 2 is 1.85 bits per heavy atom. The molecule has 0 saturated carbocycles. The summed E-state index contributed by atoms with van der Waals surface area (Å²) in [5, 5.41) is 10.6. The van der Waals surface area contributed by atoms with E-state index < -0.39 is 5.63 Å². The SMILES string of the molecule is Cc1cccc(-c2cc(=O)oc3c(C)c(O)ccc23)c1. The Morgan fingerprint density at radius 3 is 2.60 bits per heavy atom. The van der Waals surface area contributed by atoms with Crippen LogP contribution in [0.15, 0.2) is 51.7 Å². The molecule has 0 spiro atoms. The number of fused-ring (bicyclic) bond motifs is 1. The molecule has 1 N–H and O–H groups in total. The van der Waals surface area contributed by atoms with Crippen LogP contribution in [0.4, 0.5) is 0 Å². The Hall–Kier alpha value is -2.55. The maximum Gasteiger partial charge on any atom is 0.336 e. The number of aromatic hydroxyl groups is 1. The first kappa shape index (κ1) is 12.5. The molecule has 20 heavy (non-hydrogen) atoms. The van der Waals surface area contributed by atoms with Crippen LogP contribution in [0.2, 0.25) is 0 Å². The van der Waals surface area contributed by atoms with Gasteiger partial charge in [0.1, 0.15) is 11.3 Å². The number of benzene rings is 2. The highest BCUT2D eigenvalue weighted by molar-refractivity contribution is 5.95. The normalized spacial score (nSPS) is 10.9. The van der Waals surface area contributed by atoms with Gasteiger partial charge in [-0.25, -0.2) is 4.79 Å². The standard InChI is InChI=1S/C17H14O3/c1-10-4-3-5-12(8-10)14-9-16(19)20-17-11(2)15(18)7-6-13(14)17/h3-9,18H,1-2H3. The third-order valence-electron chi connectivity index (χ3n) is 3.46. The molecule has 3 aromatic rings. The van der Waals surface area contributed by atoms with Crippen molar-refractivity contribution in [2.24, 2.45) is 0 Å². The number of phenolic OH excluding ortho intramolecular Hbond substituents is 1. The van der Waals surface area contributed by atoms with Crippen LogP contribution in [0.3, 0.4) is 0 Å². The van der Waals surface area contributed by atoms with Crippen molar-refractivity contribution >= 4 is 11.0 Å². The second kappa shape index (κ2) is 4.53. The van der Waals surface area contributed by atoms with E-state index in [9.17, 15) is 9.90 Å². The second-order valence-electron chi connectivity index (χ2n) is 4.93. The third kappa shape index (κ3) is 1.97. The van der Waals surface area contributed by atoms with Crippen molar-refractivity contribution in [1.82, 2.24) is 0 Å². The molecule has 100 valence electrons. The highest BCUT2D eigenvalue weighted by Crippen LogP contribution is 2.32. The van der Waals surface area contributed by atoms with Crippen LogP contribution in [0, 0.1) is 13.8 Å². The molecule has 0 atom stereocenters. The van der Waals surface area contributed by atoms with E-state index in [1.807, 2.05) is 31.2 Å². The van der Waals surface area contributed by atoms with Crippen molar-refractivity contribution < 1.29 is 9.52 Å². The van der Waals surface area contributed by atoms with E-state index in [0.29, 0.717) is 11.1 Å². The first-order chi connectivity index (χ1) is 9.56. The number of phenols is 1. The summed E-state index contributed by atoms with van der Waals surface area (Å²) in [4.78, 5) is 11.8. The van der Waals surface area contributed by atoms with E-state index in [-0.39, 0.29) is 5.75 Å². The molecule has 0 radical (unpaired) electrons. The third-order valence-corrected chi connectivity index (χ3v) is 3.46. The van der Waals surface area contributed by atoms with Gasteiger partial charge in [0.25, 0.3) is 0 Å². The largest absolute Gasteiger partial charge is 0.508 e. The predicted molar refractivity (Wildman–Crippen MR) is 79.1 cm³/mol. The number of aryl methyl sites for hydroxylation is 2. The molecule has 3 heteroatoms. The van der Waals surface area contributed by atoms with E-state index in [2.05, 4.69) is 0 Å². The quantitative estimate of drug-likeness (QED) is 0.682. The molecule has 0 amide bonds. The summed E-state index contributed by atoms with van der Waals surface area (Å²) in [6.07, 6.45) is 0. The predicted octanol–water partition coefficient (Wildman–Crippen LogP) is 3.78. The smallest absolute Gasteiger partial charge is 0.336 e. The van der Waals surface area contributed by atoms with Gasteiger partial charge in [0.05, 0.1) is 0 Å². The topological polar surface area (TPSA) is 50.4 Å². The summed E-state index contributed by atoms with van der Waals surface area (Å²) >= 11 is 0. The molecule has 0 saturated heterocycles. The maximum absolute atomic E-state index is 11.8. The molecule has 3 nitrogen and oxygen atoms in total. The first-order valence-corrected chi connectivity index (χ1v) is 6.40. The molecule has 0 aliphatic heterocycles. The Kier molecular flexibility index (Phi) is 2.83. The Labute approximate surface area is 116 Å². The molecular formula is C17H14O3. The second-order valence-corrected chi connectivity index (χ2v) is 4.93. The lowest BCUT2D eigenvalue weighted by atomic mass is 9.99. The molecule has 0 aliphatic rings. The zero-order chi connectivity index (χ0) is 14.3. The Bertz CT molecular complexity index is 860. The minimum Gasteiger partial charge on any atom is -0.508 e. The fourth-order valence-electron chi connectivity index (χ4n) is 2.40. The van der Waals surface area contributed by atoms with Crippen molar-refractivity contribution in [2.45, 2.75) is 13.8 Å². The van der Waals surface area contributed by atoms with Gasteiger partial charge in [0, 0.05) is 17.0 Å². The van der Waals surface area contributed by atoms with E-state index in [1.54, 1.807) is 19.1 Å². The fraction of sp³-hybridized carbons (Fsp3) is 0.118. The fourth-order valence-corrected chi connectivity index (χ4v) is 2.40.